The molecule has 90 valence electrons. The van der Waals surface area contributed by atoms with Crippen LogP contribution in [-0.4, -0.2) is 11.4 Å². The Labute approximate surface area is 105 Å². The Bertz CT molecular complexity index is 540. The third-order valence-corrected chi connectivity index (χ3v) is 3.15. The van der Waals surface area contributed by atoms with E-state index in [1.807, 2.05) is 44.4 Å². The molecule has 2 aromatic rings. The molecule has 0 bridgehead atoms. The average Bonchev–Trinajstić information content (AvgIpc) is 2.71. The lowest BCUT2D eigenvalue weighted by atomic mass is 10.1. The lowest BCUT2D eigenvalue weighted by molar-refractivity contribution is 0.0914. The summed E-state index contributed by atoms with van der Waals surface area (Å²) in [5.41, 5.74) is 6.22. The van der Waals surface area contributed by atoms with Crippen molar-refractivity contribution in [2.75, 3.05) is 0 Å². The minimum Gasteiger partial charge on any atom is -0.287 e. The molecular formula is C13H16N2OS. The van der Waals surface area contributed by atoms with Gasteiger partial charge in [-0.2, -0.15) is 0 Å². The van der Waals surface area contributed by atoms with Crippen LogP contribution in [0.1, 0.15) is 31.1 Å². The first-order valence-electron chi connectivity index (χ1n) is 5.50. The van der Waals surface area contributed by atoms with E-state index in [-0.39, 0.29) is 11.4 Å². The number of hydrogen-bond donors (Lipinski definition) is 2. The Morgan fingerprint density at radius 1 is 1.24 bits per heavy atom. The van der Waals surface area contributed by atoms with E-state index in [9.17, 15) is 4.79 Å². The smallest absolute Gasteiger partial charge is 0.265 e. The highest BCUT2D eigenvalue weighted by Gasteiger charge is 2.12. The summed E-state index contributed by atoms with van der Waals surface area (Å²) in [5, 5.41) is 3.20. The molecule has 3 nitrogen and oxygen atoms in total. The van der Waals surface area contributed by atoms with E-state index in [0.29, 0.717) is 5.56 Å². The van der Waals surface area contributed by atoms with Crippen LogP contribution in [0.15, 0.2) is 29.6 Å². The Balaban J connectivity index is 2.13. The van der Waals surface area contributed by atoms with Crippen molar-refractivity contribution in [1.82, 2.24) is 10.9 Å². The van der Waals surface area contributed by atoms with Crippen LogP contribution in [0.4, 0.5) is 0 Å². The molecule has 0 spiro atoms. The first-order valence-corrected chi connectivity index (χ1v) is 6.38. The van der Waals surface area contributed by atoms with Crippen molar-refractivity contribution in [3.63, 3.8) is 0 Å². The predicted molar refractivity (Wildman–Crippen MR) is 72.2 cm³/mol. The van der Waals surface area contributed by atoms with Gasteiger partial charge < -0.3 is 0 Å². The molecule has 0 saturated carbocycles. The first-order chi connectivity index (χ1) is 7.96. The van der Waals surface area contributed by atoms with E-state index in [1.165, 1.54) is 5.39 Å². The zero-order valence-corrected chi connectivity index (χ0v) is 11.0. The fourth-order valence-corrected chi connectivity index (χ4v) is 2.24. The highest BCUT2D eigenvalue weighted by atomic mass is 32.1. The van der Waals surface area contributed by atoms with E-state index in [2.05, 4.69) is 16.9 Å². The lowest BCUT2D eigenvalue weighted by Crippen LogP contribution is -2.48. The maximum absolute atomic E-state index is 11.9. The van der Waals surface area contributed by atoms with Gasteiger partial charge >= 0.3 is 0 Å². The van der Waals surface area contributed by atoms with Gasteiger partial charge in [0.25, 0.3) is 5.91 Å². The zero-order valence-electron chi connectivity index (χ0n) is 10.2. The SMILES string of the molecule is CC(C)(C)NNC(=O)c1ccc2ccsc2c1. The van der Waals surface area contributed by atoms with Crippen molar-refractivity contribution in [2.45, 2.75) is 26.3 Å². The molecule has 0 saturated heterocycles. The molecule has 0 aliphatic rings. The Morgan fingerprint density at radius 3 is 2.71 bits per heavy atom. The highest BCUT2D eigenvalue weighted by molar-refractivity contribution is 7.17. The van der Waals surface area contributed by atoms with E-state index < -0.39 is 0 Å². The van der Waals surface area contributed by atoms with Crippen molar-refractivity contribution in [3.8, 4) is 0 Å². The molecule has 2 rings (SSSR count). The molecule has 0 fully saturated rings. The molecule has 1 amide bonds. The Kier molecular flexibility index (Phi) is 3.17. The minimum absolute atomic E-state index is 0.102. The quantitative estimate of drug-likeness (QED) is 0.802. The van der Waals surface area contributed by atoms with Crippen molar-refractivity contribution in [1.29, 1.82) is 0 Å². The molecule has 0 atom stereocenters. The van der Waals surface area contributed by atoms with Crippen LogP contribution in [0.5, 0.6) is 0 Å². The second kappa shape index (κ2) is 4.47. The van der Waals surface area contributed by atoms with Crippen molar-refractivity contribution < 1.29 is 4.79 Å². The summed E-state index contributed by atoms with van der Waals surface area (Å²) < 4.78 is 1.13. The normalized spacial score (nSPS) is 11.7. The molecule has 4 heteroatoms. The van der Waals surface area contributed by atoms with Gasteiger partial charge in [-0.25, -0.2) is 5.43 Å². The topological polar surface area (TPSA) is 41.1 Å². The van der Waals surface area contributed by atoms with Crippen LogP contribution in [0.2, 0.25) is 0 Å². The van der Waals surface area contributed by atoms with Gasteiger partial charge in [0.2, 0.25) is 0 Å². The Hall–Kier alpha value is -1.39. The van der Waals surface area contributed by atoms with Crippen molar-refractivity contribution >= 4 is 27.3 Å². The third-order valence-electron chi connectivity index (χ3n) is 2.27. The van der Waals surface area contributed by atoms with Gasteiger partial charge in [0, 0.05) is 15.8 Å². The van der Waals surface area contributed by atoms with Crippen molar-refractivity contribution in [2.24, 2.45) is 0 Å². The first kappa shape index (κ1) is 12.1. The minimum atomic E-state index is -0.136. The average molecular weight is 248 g/mol. The molecule has 1 aromatic heterocycles. The number of rotatable bonds is 2. The van der Waals surface area contributed by atoms with Crippen molar-refractivity contribution in [3.05, 3.63) is 35.2 Å². The van der Waals surface area contributed by atoms with E-state index in [4.69, 9.17) is 0 Å². The molecule has 0 radical (unpaired) electrons. The maximum atomic E-state index is 11.9. The van der Waals surface area contributed by atoms with E-state index in [0.717, 1.165) is 4.70 Å². The van der Waals surface area contributed by atoms with Gasteiger partial charge in [0.05, 0.1) is 0 Å². The largest absolute Gasteiger partial charge is 0.287 e. The third kappa shape index (κ3) is 3.05. The summed E-state index contributed by atoms with van der Waals surface area (Å²) in [4.78, 5) is 11.9. The summed E-state index contributed by atoms with van der Waals surface area (Å²) in [5.74, 6) is -0.102. The Morgan fingerprint density at radius 2 is 2.00 bits per heavy atom. The second-order valence-electron chi connectivity index (χ2n) is 5.00. The van der Waals surface area contributed by atoms with Gasteiger partial charge in [-0.3, -0.25) is 10.2 Å². The molecule has 17 heavy (non-hydrogen) atoms. The van der Waals surface area contributed by atoms with Crippen LogP contribution in [0, 0.1) is 0 Å². The van der Waals surface area contributed by atoms with E-state index >= 15 is 0 Å². The van der Waals surface area contributed by atoms with Crippen LogP contribution in [-0.2, 0) is 0 Å². The summed E-state index contributed by atoms with van der Waals surface area (Å²) in [6, 6.07) is 7.78. The summed E-state index contributed by atoms with van der Waals surface area (Å²) in [7, 11) is 0. The molecule has 1 heterocycles. The van der Waals surface area contributed by atoms with Crippen LogP contribution in [0.25, 0.3) is 10.1 Å². The molecule has 0 aliphatic carbocycles. The number of carbonyl (C=O) groups is 1. The monoisotopic (exact) mass is 248 g/mol. The molecular weight excluding hydrogens is 232 g/mol. The highest BCUT2D eigenvalue weighted by Crippen LogP contribution is 2.21. The predicted octanol–water partition coefficient (Wildman–Crippen LogP) is 2.93. The summed E-state index contributed by atoms with van der Waals surface area (Å²) >= 11 is 1.64. The number of hydrogen-bond acceptors (Lipinski definition) is 3. The maximum Gasteiger partial charge on any atom is 0.265 e. The number of thiophene rings is 1. The van der Waals surface area contributed by atoms with Crippen LogP contribution < -0.4 is 10.9 Å². The number of fused-ring (bicyclic) bond motifs is 1. The van der Waals surface area contributed by atoms with E-state index in [1.54, 1.807) is 11.3 Å². The lowest BCUT2D eigenvalue weighted by Gasteiger charge is -2.20. The van der Waals surface area contributed by atoms with Gasteiger partial charge in [-0.1, -0.05) is 6.07 Å². The zero-order chi connectivity index (χ0) is 12.5. The molecule has 2 N–H and O–H groups in total. The number of benzene rings is 1. The summed E-state index contributed by atoms with van der Waals surface area (Å²) in [6.07, 6.45) is 0. The number of carbonyl (C=O) groups excluding carboxylic acids is 1. The van der Waals surface area contributed by atoms with Gasteiger partial charge in [-0.05, 0) is 49.7 Å². The second-order valence-corrected chi connectivity index (χ2v) is 5.95. The van der Waals surface area contributed by atoms with Crippen LogP contribution in [0.3, 0.4) is 0 Å². The fraction of sp³-hybridized carbons (Fsp3) is 0.308. The number of hydrazine groups is 1. The van der Waals surface area contributed by atoms with Gasteiger partial charge in [0.15, 0.2) is 0 Å². The molecule has 1 aromatic carbocycles. The fourth-order valence-electron chi connectivity index (χ4n) is 1.41. The standard InChI is InChI=1S/C13H16N2OS/c1-13(2,3)15-14-12(16)10-5-4-9-6-7-17-11(9)8-10/h4-8,15H,1-3H3,(H,14,16). The van der Waals surface area contributed by atoms with Crippen LogP contribution >= 0.6 is 11.3 Å². The van der Waals surface area contributed by atoms with Gasteiger partial charge in [-0.15, -0.1) is 11.3 Å². The van der Waals surface area contributed by atoms with Gasteiger partial charge in [0.1, 0.15) is 0 Å². The number of amides is 1. The molecule has 0 aliphatic heterocycles. The molecule has 0 unspecified atom stereocenters. The number of nitrogens with one attached hydrogen (secondary N) is 2. The summed E-state index contributed by atoms with van der Waals surface area (Å²) in [6.45, 7) is 5.99.